The molecule has 32 heavy (non-hydrogen) atoms. The Morgan fingerprint density at radius 2 is 1.78 bits per heavy atom. The van der Waals surface area contributed by atoms with Crippen molar-refractivity contribution in [3.63, 3.8) is 0 Å². The second kappa shape index (κ2) is 9.38. The maximum atomic E-state index is 13.1. The van der Waals surface area contributed by atoms with Crippen LogP contribution in [-0.4, -0.2) is 45.4 Å². The third-order valence-electron chi connectivity index (χ3n) is 6.22. The molecule has 1 fully saturated rings. The van der Waals surface area contributed by atoms with E-state index in [2.05, 4.69) is 5.32 Å². The lowest BCUT2D eigenvalue weighted by Crippen LogP contribution is -2.49. The number of rotatable bonds is 7. The van der Waals surface area contributed by atoms with Gasteiger partial charge in [-0.3, -0.25) is 19.2 Å². The number of carboxylic acids is 1. The van der Waals surface area contributed by atoms with Crippen molar-refractivity contribution in [2.75, 3.05) is 18.4 Å². The number of carbonyl (C=O) groups excluding carboxylic acids is 2. The lowest BCUT2D eigenvalue weighted by Gasteiger charge is -2.43. The Balaban J connectivity index is 1.44. The first-order valence-electron chi connectivity index (χ1n) is 11.0. The van der Waals surface area contributed by atoms with Crippen LogP contribution in [0, 0.1) is 5.92 Å². The summed E-state index contributed by atoms with van der Waals surface area (Å²) in [5, 5.41) is 11.5. The number of aliphatic carboxylic acids is 1. The summed E-state index contributed by atoms with van der Waals surface area (Å²) < 4.78 is 1.74. The first kappa shape index (κ1) is 21.8. The average Bonchev–Trinajstić information content (AvgIpc) is 2.76. The number of nitrogens with one attached hydrogen (secondary N) is 1. The molecular weight excluding hydrogens is 410 g/mol. The minimum atomic E-state index is -0.895. The van der Waals surface area contributed by atoms with Crippen LogP contribution in [0.2, 0.25) is 0 Å². The number of hydrogen-bond acceptors (Lipinski definition) is 4. The molecule has 2 unspecified atom stereocenters. The van der Waals surface area contributed by atoms with Gasteiger partial charge in [-0.05, 0) is 36.5 Å². The first-order valence-corrected chi connectivity index (χ1v) is 11.0. The number of piperidine rings is 1. The van der Waals surface area contributed by atoms with Crippen molar-refractivity contribution in [3.8, 4) is 0 Å². The normalized spacial score (nSPS) is 19.2. The molecule has 0 aliphatic carbocycles. The first-order chi connectivity index (χ1) is 15.4. The Morgan fingerprint density at radius 1 is 1.00 bits per heavy atom. The lowest BCUT2D eigenvalue weighted by atomic mass is 9.83. The smallest absolute Gasteiger partial charge is 0.303 e. The topological polar surface area (TPSA) is 109 Å². The highest BCUT2D eigenvalue weighted by molar-refractivity contribution is 5.92. The van der Waals surface area contributed by atoms with Crippen molar-refractivity contribution < 1.29 is 19.5 Å². The van der Waals surface area contributed by atoms with Gasteiger partial charge in [-0.15, -0.1) is 0 Å². The number of aromatic nitrogens is 1. The van der Waals surface area contributed by atoms with E-state index < -0.39 is 5.97 Å². The van der Waals surface area contributed by atoms with Crippen LogP contribution in [-0.2, 0) is 27.3 Å². The van der Waals surface area contributed by atoms with Gasteiger partial charge in [0.1, 0.15) is 5.69 Å². The second-order valence-electron chi connectivity index (χ2n) is 8.64. The standard InChI is InChI=1S/C24H27N3O5/c28-21(12-16-5-2-1-3-6-16)25-19-9-10-20-18-11-17(14-27(20)24(19)32)13-26(15-18)22(29)7-4-8-23(30)31/h1-3,5-6,9-10,17-18H,4,7-8,11-15H2,(H,25,28)(H,30,31). The molecule has 2 aliphatic heterocycles. The van der Waals surface area contributed by atoms with E-state index in [9.17, 15) is 19.2 Å². The molecule has 8 nitrogen and oxygen atoms in total. The summed E-state index contributed by atoms with van der Waals surface area (Å²) in [5.74, 6) is -0.928. The molecule has 168 valence electrons. The van der Waals surface area contributed by atoms with E-state index in [1.165, 1.54) is 0 Å². The van der Waals surface area contributed by atoms with Gasteiger partial charge in [0.15, 0.2) is 0 Å². The zero-order valence-corrected chi connectivity index (χ0v) is 17.8. The predicted octanol–water partition coefficient (Wildman–Crippen LogP) is 2.23. The lowest BCUT2D eigenvalue weighted by molar-refractivity contribution is -0.137. The van der Waals surface area contributed by atoms with Crippen molar-refractivity contribution in [2.45, 2.75) is 44.6 Å². The Labute approximate surface area is 185 Å². The van der Waals surface area contributed by atoms with Gasteiger partial charge in [-0.1, -0.05) is 30.3 Å². The fraction of sp³-hybridized carbons (Fsp3) is 0.417. The van der Waals surface area contributed by atoms with Crippen LogP contribution in [0.15, 0.2) is 47.3 Å². The number of carboxylic acid groups (broad SMARTS) is 1. The SMILES string of the molecule is O=C(O)CCCC(=O)N1CC2CC(C1)c1ccc(NC(=O)Cc3ccccc3)c(=O)n1C2. The van der Waals surface area contributed by atoms with E-state index in [0.29, 0.717) is 26.1 Å². The van der Waals surface area contributed by atoms with Gasteiger partial charge in [-0.25, -0.2) is 0 Å². The molecule has 0 spiro atoms. The monoisotopic (exact) mass is 437 g/mol. The summed E-state index contributed by atoms with van der Waals surface area (Å²) in [7, 11) is 0. The number of anilines is 1. The number of hydrogen-bond donors (Lipinski definition) is 2. The fourth-order valence-electron chi connectivity index (χ4n) is 4.77. The molecule has 2 amide bonds. The summed E-state index contributed by atoms with van der Waals surface area (Å²) >= 11 is 0. The summed E-state index contributed by atoms with van der Waals surface area (Å²) in [5.41, 5.74) is 1.83. The zero-order chi connectivity index (χ0) is 22.7. The quantitative estimate of drug-likeness (QED) is 0.691. The second-order valence-corrected chi connectivity index (χ2v) is 8.64. The van der Waals surface area contributed by atoms with Gasteiger partial charge < -0.3 is 19.9 Å². The molecule has 2 atom stereocenters. The Hall–Kier alpha value is -3.42. The van der Waals surface area contributed by atoms with E-state index in [1.807, 2.05) is 41.3 Å². The molecule has 1 saturated heterocycles. The Morgan fingerprint density at radius 3 is 2.53 bits per heavy atom. The predicted molar refractivity (Wildman–Crippen MR) is 118 cm³/mol. The molecule has 0 saturated carbocycles. The van der Waals surface area contributed by atoms with Gasteiger partial charge in [0.25, 0.3) is 5.56 Å². The molecule has 2 aliphatic rings. The zero-order valence-electron chi connectivity index (χ0n) is 17.8. The molecule has 0 radical (unpaired) electrons. The molecule has 2 N–H and O–H groups in total. The van der Waals surface area contributed by atoms with Crippen molar-refractivity contribution in [2.24, 2.45) is 5.92 Å². The minimum absolute atomic E-state index is 0.0105. The molecule has 8 heteroatoms. The highest BCUT2D eigenvalue weighted by Gasteiger charge is 2.36. The van der Waals surface area contributed by atoms with E-state index in [-0.39, 0.29) is 54.2 Å². The van der Waals surface area contributed by atoms with E-state index in [0.717, 1.165) is 17.7 Å². The molecule has 4 rings (SSSR count). The highest BCUT2D eigenvalue weighted by atomic mass is 16.4. The van der Waals surface area contributed by atoms with Gasteiger partial charge in [-0.2, -0.15) is 0 Å². The molecule has 1 aromatic heterocycles. The summed E-state index contributed by atoms with van der Waals surface area (Å²) in [6.45, 7) is 1.60. The molecule has 2 aromatic rings. The molecule has 1 aromatic carbocycles. The van der Waals surface area contributed by atoms with Crippen molar-refractivity contribution in [3.05, 3.63) is 64.1 Å². The number of fused-ring (bicyclic) bond motifs is 4. The van der Waals surface area contributed by atoms with Crippen LogP contribution < -0.4 is 10.9 Å². The number of carbonyl (C=O) groups is 3. The van der Waals surface area contributed by atoms with Crippen molar-refractivity contribution in [1.82, 2.24) is 9.47 Å². The van der Waals surface area contributed by atoms with Gasteiger partial charge in [0, 0.05) is 44.1 Å². The van der Waals surface area contributed by atoms with Gasteiger partial charge in [0.2, 0.25) is 11.8 Å². The Kier molecular flexibility index (Phi) is 6.39. The van der Waals surface area contributed by atoms with Crippen LogP contribution in [0.5, 0.6) is 0 Å². The minimum Gasteiger partial charge on any atom is -0.481 e. The number of amides is 2. The van der Waals surface area contributed by atoms with Crippen LogP contribution in [0.25, 0.3) is 0 Å². The third-order valence-corrected chi connectivity index (χ3v) is 6.22. The largest absolute Gasteiger partial charge is 0.481 e. The third kappa shape index (κ3) is 4.90. The number of benzene rings is 1. The van der Waals surface area contributed by atoms with Gasteiger partial charge >= 0.3 is 5.97 Å². The van der Waals surface area contributed by atoms with E-state index >= 15 is 0 Å². The summed E-state index contributed by atoms with van der Waals surface area (Å²) in [4.78, 5) is 50.5. The van der Waals surface area contributed by atoms with Crippen LogP contribution in [0.3, 0.4) is 0 Å². The number of pyridine rings is 1. The molecular formula is C24H27N3O5. The van der Waals surface area contributed by atoms with E-state index in [4.69, 9.17) is 5.11 Å². The highest BCUT2D eigenvalue weighted by Crippen LogP contribution is 2.35. The fourth-order valence-corrected chi connectivity index (χ4v) is 4.77. The maximum absolute atomic E-state index is 13.1. The maximum Gasteiger partial charge on any atom is 0.303 e. The molecule has 2 bridgehead atoms. The van der Waals surface area contributed by atoms with Crippen molar-refractivity contribution >= 4 is 23.5 Å². The van der Waals surface area contributed by atoms with Crippen LogP contribution in [0.4, 0.5) is 5.69 Å². The number of nitrogens with zero attached hydrogens (tertiary/aromatic N) is 2. The van der Waals surface area contributed by atoms with Crippen molar-refractivity contribution in [1.29, 1.82) is 0 Å². The molecule has 3 heterocycles. The average molecular weight is 437 g/mol. The van der Waals surface area contributed by atoms with Crippen LogP contribution >= 0.6 is 0 Å². The van der Waals surface area contributed by atoms with Gasteiger partial charge in [0.05, 0.1) is 6.42 Å². The summed E-state index contributed by atoms with van der Waals surface area (Å²) in [6.07, 6.45) is 1.67. The Bertz CT molecular complexity index is 1080. The summed E-state index contributed by atoms with van der Waals surface area (Å²) in [6, 6.07) is 12.9. The van der Waals surface area contributed by atoms with Crippen LogP contribution in [0.1, 0.15) is 42.9 Å². The van der Waals surface area contributed by atoms with E-state index in [1.54, 1.807) is 10.6 Å². The number of likely N-dealkylation sites (tertiary alicyclic amines) is 1.